The molecule has 0 amide bonds. The van der Waals surface area contributed by atoms with Crippen molar-refractivity contribution in [2.45, 2.75) is 26.4 Å². The Morgan fingerprint density at radius 3 is 2.67 bits per heavy atom. The minimum atomic E-state index is -3.16. The number of hydrogen-bond acceptors (Lipinski definition) is 5. The largest absolute Gasteiger partial charge is 0.459 e. The summed E-state index contributed by atoms with van der Waals surface area (Å²) in [5, 5.41) is 0. The lowest BCUT2D eigenvalue weighted by Crippen LogP contribution is -2.24. The van der Waals surface area contributed by atoms with Gasteiger partial charge >= 0.3 is 5.97 Å². The summed E-state index contributed by atoms with van der Waals surface area (Å²) in [6, 6.07) is 3.51. The zero-order valence-corrected chi connectivity index (χ0v) is 12.2. The van der Waals surface area contributed by atoms with Gasteiger partial charge in [0, 0.05) is 11.4 Å². The summed E-state index contributed by atoms with van der Waals surface area (Å²) < 4.78 is 29.2. The number of rotatable bonds is 6. The van der Waals surface area contributed by atoms with Crippen LogP contribution in [0, 0.1) is 0 Å². The van der Waals surface area contributed by atoms with E-state index in [0.717, 1.165) is 11.1 Å². The van der Waals surface area contributed by atoms with Crippen LogP contribution in [0.5, 0.6) is 0 Å². The lowest BCUT2D eigenvalue weighted by atomic mass is 10.3. The molecule has 0 aliphatic rings. The van der Waals surface area contributed by atoms with Gasteiger partial charge in [-0.3, -0.25) is 0 Å². The second-order valence-electron chi connectivity index (χ2n) is 4.14. The molecule has 1 heterocycles. The zero-order valence-electron chi connectivity index (χ0n) is 10.6. The molecule has 0 fully saturated rings. The van der Waals surface area contributed by atoms with Gasteiger partial charge in [-0.25, -0.2) is 17.9 Å². The van der Waals surface area contributed by atoms with Crippen LogP contribution in [0.3, 0.4) is 0 Å². The van der Waals surface area contributed by atoms with Crippen molar-refractivity contribution in [2.75, 3.05) is 12.8 Å². The van der Waals surface area contributed by atoms with E-state index in [-0.39, 0.29) is 12.1 Å². The minimum Gasteiger partial charge on any atom is -0.459 e. The van der Waals surface area contributed by atoms with Crippen molar-refractivity contribution in [1.82, 2.24) is 4.72 Å². The van der Waals surface area contributed by atoms with E-state index < -0.39 is 10.0 Å². The molecule has 0 bridgehead atoms. The van der Waals surface area contributed by atoms with Gasteiger partial charge in [-0.05, 0) is 32.4 Å². The molecule has 0 radical (unpaired) electrons. The molecule has 7 heteroatoms. The average molecular weight is 291 g/mol. The maximum absolute atomic E-state index is 11.6. The van der Waals surface area contributed by atoms with E-state index in [0.29, 0.717) is 17.8 Å². The summed E-state index contributed by atoms with van der Waals surface area (Å²) in [7, 11) is -3.16. The third-order valence-electron chi connectivity index (χ3n) is 1.94. The molecule has 1 aromatic heterocycles. The number of thiophene rings is 1. The van der Waals surface area contributed by atoms with Gasteiger partial charge in [0.1, 0.15) is 4.88 Å². The van der Waals surface area contributed by atoms with E-state index in [9.17, 15) is 13.2 Å². The molecule has 102 valence electrons. The normalized spacial score (nSPS) is 11.8. The van der Waals surface area contributed by atoms with E-state index in [1.807, 2.05) is 6.07 Å². The highest BCUT2D eigenvalue weighted by Crippen LogP contribution is 2.18. The highest BCUT2D eigenvalue weighted by Gasteiger charge is 2.12. The summed E-state index contributed by atoms with van der Waals surface area (Å²) in [5.74, 6) is -0.336. The number of carbonyl (C=O) groups excluding carboxylic acids is 1. The molecular formula is C11H17NO4S2. The van der Waals surface area contributed by atoms with Crippen molar-refractivity contribution >= 4 is 27.3 Å². The quantitative estimate of drug-likeness (QED) is 0.804. The number of carbonyl (C=O) groups is 1. The van der Waals surface area contributed by atoms with Gasteiger partial charge in [-0.15, -0.1) is 11.3 Å². The van der Waals surface area contributed by atoms with Gasteiger partial charge in [-0.2, -0.15) is 0 Å². The lowest BCUT2D eigenvalue weighted by molar-refractivity contribution is 0.0384. The van der Waals surface area contributed by atoms with Crippen molar-refractivity contribution in [2.24, 2.45) is 0 Å². The molecule has 0 saturated carbocycles. The predicted octanol–water partition coefficient (Wildman–Crippen LogP) is 1.41. The van der Waals surface area contributed by atoms with Gasteiger partial charge in [0.15, 0.2) is 0 Å². The van der Waals surface area contributed by atoms with E-state index in [2.05, 4.69) is 4.72 Å². The fourth-order valence-electron chi connectivity index (χ4n) is 1.25. The highest BCUT2D eigenvalue weighted by atomic mass is 32.2. The first kappa shape index (κ1) is 15.1. The van der Waals surface area contributed by atoms with Crippen LogP contribution in [0.2, 0.25) is 0 Å². The second kappa shape index (κ2) is 6.31. The maximum atomic E-state index is 11.6. The van der Waals surface area contributed by atoms with Crippen LogP contribution in [0.1, 0.15) is 28.4 Å². The summed E-state index contributed by atoms with van der Waals surface area (Å²) in [6.45, 7) is 3.92. The van der Waals surface area contributed by atoms with Crippen LogP contribution >= 0.6 is 11.3 Å². The Labute approximate surface area is 111 Å². The highest BCUT2D eigenvalue weighted by molar-refractivity contribution is 7.88. The summed E-state index contributed by atoms with van der Waals surface area (Å²) >= 11 is 1.32. The van der Waals surface area contributed by atoms with Crippen molar-refractivity contribution in [1.29, 1.82) is 0 Å². The third-order valence-corrected chi connectivity index (χ3v) is 3.79. The predicted molar refractivity (Wildman–Crippen MR) is 71.4 cm³/mol. The number of esters is 1. The lowest BCUT2D eigenvalue weighted by Gasteiger charge is -2.05. The maximum Gasteiger partial charge on any atom is 0.348 e. The number of hydrogen-bond donors (Lipinski definition) is 1. The van der Waals surface area contributed by atoms with Crippen LogP contribution in [-0.4, -0.2) is 33.3 Å². The Morgan fingerprint density at radius 1 is 1.44 bits per heavy atom. The molecule has 0 atom stereocenters. The molecular weight excluding hydrogens is 274 g/mol. The Morgan fingerprint density at radius 2 is 2.11 bits per heavy atom. The molecule has 0 spiro atoms. The molecule has 1 aromatic rings. The topological polar surface area (TPSA) is 72.5 Å². The Hall–Kier alpha value is -0.920. The molecule has 0 aromatic carbocycles. The SMILES string of the molecule is CC(C)OC(=O)c1ccc(CCNS(C)(=O)=O)s1. The molecule has 0 unspecified atom stereocenters. The Bertz CT molecular complexity index is 505. The third kappa shape index (κ3) is 5.61. The van der Waals surface area contributed by atoms with Crippen molar-refractivity contribution in [3.63, 3.8) is 0 Å². The molecule has 1 rings (SSSR count). The van der Waals surface area contributed by atoms with Gasteiger partial charge < -0.3 is 4.74 Å². The van der Waals surface area contributed by atoms with Gasteiger partial charge in [0.25, 0.3) is 0 Å². The van der Waals surface area contributed by atoms with Gasteiger partial charge in [-0.1, -0.05) is 0 Å². The zero-order chi connectivity index (χ0) is 13.8. The average Bonchev–Trinajstić information content (AvgIpc) is 2.63. The first-order valence-corrected chi connectivity index (χ1v) is 8.23. The Kier molecular flexibility index (Phi) is 5.30. The molecule has 0 saturated heterocycles. The number of sulfonamides is 1. The number of ether oxygens (including phenoxy) is 1. The first-order chi connectivity index (χ1) is 8.28. The summed E-state index contributed by atoms with van der Waals surface area (Å²) in [5.41, 5.74) is 0. The molecule has 1 N–H and O–H groups in total. The molecule has 0 aliphatic heterocycles. The van der Waals surface area contributed by atoms with E-state index in [1.54, 1.807) is 19.9 Å². The summed E-state index contributed by atoms with van der Waals surface area (Å²) in [4.78, 5) is 13.1. The van der Waals surface area contributed by atoms with Crippen molar-refractivity contribution in [3.8, 4) is 0 Å². The number of nitrogens with one attached hydrogen (secondary N) is 1. The molecule has 5 nitrogen and oxygen atoms in total. The second-order valence-corrected chi connectivity index (χ2v) is 7.14. The summed E-state index contributed by atoms with van der Waals surface area (Å²) in [6.07, 6.45) is 1.54. The molecule has 18 heavy (non-hydrogen) atoms. The monoisotopic (exact) mass is 291 g/mol. The fraction of sp³-hybridized carbons (Fsp3) is 0.545. The Balaban J connectivity index is 2.51. The van der Waals surface area contributed by atoms with Gasteiger partial charge in [0.05, 0.1) is 12.4 Å². The standard InChI is InChI=1S/C11H17NO4S2/c1-8(2)16-11(13)10-5-4-9(17-10)6-7-12-18(3,14)15/h4-5,8,12H,6-7H2,1-3H3. The van der Waals surface area contributed by atoms with Crippen molar-refractivity contribution in [3.05, 3.63) is 21.9 Å². The van der Waals surface area contributed by atoms with E-state index >= 15 is 0 Å². The minimum absolute atomic E-state index is 0.144. The van der Waals surface area contributed by atoms with Crippen LogP contribution in [0.25, 0.3) is 0 Å². The first-order valence-electron chi connectivity index (χ1n) is 5.52. The molecule has 0 aliphatic carbocycles. The van der Waals surface area contributed by atoms with Gasteiger partial charge in [0.2, 0.25) is 10.0 Å². The smallest absolute Gasteiger partial charge is 0.348 e. The fourth-order valence-corrected chi connectivity index (χ4v) is 2.62. The van der Waals surface area contributed by atoms with Crippen LogP contribution in [0.4, 0.5) is 0 Å². The van der Waals surface area contributed by atoms with Crippen LogP contribution in [0.15, 0.2) is 12.1 Å². The van der Waals surface area contributed by atoms with Crippen LogP contribution in [-0.2, 0) is 21.2 Å². The van der Waals surface area contributed by atoms with Crippen LogP contribution < -0.4 is 4.72 Å². The van der Waals surface area contributed by atoms with E-state index in [4.69, 9.17) is 4.74 Å². The van der Waals surface area contributed by atoms with Crippen molar-refractivity contribution < 1.29 is 17.9 Å². The van der Waals surface area contributed by atoms with E-state index in [1.165, 1.54) is 11.3 Å².